The molecule has 0 aromatic rings. The molecule has 468 valence electrons. The van der Waals surface area contributed by atoms with Gasteiger partial charge in [0.2, 0.25) is 0 Å². The lowest BCUT2D eigenvalue weighted by Crippen LogP contribution is -2.30. The fourth-order valence-corrected chi connectivity index (χ4v) is 10.8. The van der Waals surface area contributed by atoms with Crippen LogP contribution in [0.15, 0.2) is 48.6 Å². The highest BCUT2D eigenvalue weighted by Gasteiger charge is 2.19. The van der Waals surface area contributed by atoms with E-state index in [9.17, 15) is 14.4 Å². The second kappa shape index (κ2) is 68.9. The summed E-state index contributed by atoms with van der Waals surface area (Å²) in [6.07, 6.45) is 87.4. The molecule has 1 atom stereocenters. The van der Waals surface area contributed by atoms with Crippen LogP contribution in [0.3, 0.4) is 0 Å². The maximum absolute atomic E-state index is 12.9. The molecule has 0 aliphatic carbocycles. The Morgan fingerprint density at radius 1 is 0.263 bits per heavy atom. The van der Waals surface area contributed by atoms with Crippen molar-refractivity contribution in [3.8, 4) is 0 Å². The molecule has 6 heteroatoms. The minimum Gasteiger partial charge on any atom is -0.462 e. The third-order valence-electron chi connectivity index (χ3n) is 16.1. The zero-order chi connectivity index (χ0) is 57.8. The molecule has 0 aliphatic heterocycles. The number of esters is 3. The molecule has 0 aliphatic rings. The van der Waals surface area contributed by atoms with E-state index in [0.717, 1.165) is 89.9 Å². The topological polar surface area (TPSA) is 78.9 Å². The van der Waals surface area contributed by atoms with E-state index in [1.807, 2.05) is 0 Å². The van der Waals surface area contributed by atoms with Gasteiger partial charge in [0.1, 0.15) is 13.2 Å². The van der Waals surface area contributed by atoms with E-state index in [1.54, 1.807) is 0 Å². The highest BCUT2D eigenvalue weighted by Crippen LogP contribution is 2.19. The first-order valence-electron chi connectivity index (χ1n) is 35.6. The van der Waals surface area contributed by atoms with E-state index in [-0.39, 0.29) is 31.1 Å². The molecule has 0 amide bonds. The summed E-state index contributed by atoms with van der Waals surface area (Å²) in [5, 5.41) is 0. The summed E-state index contributed by atoms with van der Waals surface area (Å²) in [5.41, 5.74) is 0. The van der Waals surface area contributed by atoms with Crippen molar-refractivity contribution in [3.05, 3.63) is 48.6 Å². The molecule has 0 spiro atoms. The first-order valence-corrected chi connectivity index (χ1v) is 35.6. The SMILES string of the molecule is CC/C=C\C/C=C\C/C=C\C/C=C\CCCCCCCCCCC(=O)OC(COC(=O)CCCCCCCCCCCC)COC(=O)CCCCCCCCCCCCCCCCCCCCCCCCCCCCCCCCC. The van der Waals surface area contributed by atoms with Crippen molar-refractivity contribution in [2.45, 2.75) is 393 Å². The summed E-state index contributed by atoms with van der Waals surface area (Å²) >= 11 is 0. The molecule has 1 unspecified atom stereocenters. The third-order valence-corrected chi connectivity index (χ3v) is 16.1. The average Bonchev–Trinajstić information content (AvgIpc) is 3.46. The van der Waals surface area contributed by atoms with Crippen LogP contribution < -0.4 is 0 Å². The lowest BCUT2D eigenvalue weighted by atomic mass is 10.0. The molecule has 0 aromatic carbocycles. The van der Waals surface area contributed by atoms with Crippen LogP contribution in [-0.2, 0) is 28.6 Å². The van der Waals surface area contributed by atoms with Gasteiger partial charge in [-0.05, 0) is 57.8 Å². The van der Waals surface area contributed by atoms with Crippen LogP contribution >= 0.6 is 0 Å². The second-order valence-electron chi connectivity index (χ2n) is 24.1. The van der Waals surface area contributed by atoms with Crippen LogP contribution in [0.5, 0.6) is 0 Å². The lowest BCUT2D eigenvalue weighted by molar-refractivity contribution is -0.167. The normalized spacial score (nSPS) is 12.3. The van der Waals surface area contributed by atoms with Crippen LogP contribution in [-0.4, -0.2) is 37.2 Å². The summed E-state index contributed by atoms with van der Waals surface area (Å²) in [4.78, 5) is 38.3. The fraction of sp³-hybridized carbons (Fsp3) is 0.851. The minimum atomic E-state index is -0.775. The van der Waals surface area contributed by atoms with Crippen molar-refractivity contribution >= 4 is 17.9 Å². The maximum atomic E-state index is 12.9. The maximum Gasteiger partial charge on any atom is 0.306 e. The van der Waals surface area contributed by atoms with Gasteiger partial charge in [-0.25, -0.2) is 0 Å². The molecule has 0 N–H and O–H groups in total. The van der Waals surface area contributed by atoms with Crippen molar-refractivity contribution < 1.29 is 28.6 Å². The van der Waals surface area contributed by atoms with Gasteiger partial charge in [0, 0.05) is 19.3 Å². The number of allylic oxidation sites excluding steroid dienone is 8. The zero-order valence-electron chi connectivity index (χ0n) is 53.9. The van der Waals surface area contributed by atoms with Gasteiger partial charge in [-0.3, -0.25) is 14.4 Å². The Morgan fingerprint density at radius 3 is 0.762 bits per heavy atom. The molecule has 80 heavy (non-hydrogen) atoms. The molecule has 0 fully saturated rings. The van der Waals surface area contributed by atoms with Crippen LogP contribution in [0.1, 0.15) is 387 Å². The second-order valence-corrected chi connectivity index (χ2v) is 24.1. The molecular formula is C74H136O6. The molecule has 0 rings (SSSR count). The van der Waals surface area contributed by atoms with E-state index < -0.39 is 6.10 Å². The van der Waals surface area contributed by atoms with Crippen molar-refractivity contribution in [1.29, 1.82) is 0 Å². The number of carbonyl (C=O) groups excluding carboxylic acids is 3. The number of rotatable bonds is 66. The monoisotopic (exact) mass is 1120 g/mol. The molecule has 6 nitrogen and oxygen atoms in total. The number of hydrogen-bond donors (Lipinski definition) is 0. The number of hydrogen-bond acceptors (Lipinski definition) is 6. The number of ether oxygens (including phenoxy) is 3. The Bertz CT molecular complexity index is 1380. The molecule has 0 heterocycles. The Hall–Kier alpha value is -2.63. The van der Waals surface area contributed by atoms with Crippen molar-refractivity contribution in [1.82, 2.24) is 0 Å². The number of unbranched alkanes of at least 4 members (excludes halogenated alkanes) is 47. The summed E-state index contributed by atoms with van der Waals surface area (Å²) in [6, 6.07) is 0. The Morgan fingerprint density at radius 2 is 0.487 bits per heavy atom. The smallest absolute Gasteiger partial charge is 0.306 e. The molecule has 0 bridgehead atoms. The lowest BCUT2D eigenvalue weighted by Gasteiger charge is -2.18. The fourth-order valence-electron chi connectivity index (χ4n) is 10.8. The van der Waals surface area contributed by atoms with Crippen molar-refractivity contribution in [2.75, 3.05) is 13.2 Å². The Balaban J connectivity index is 4.10. The van der Waals surface area contributed by atoms with E-state index in [2.05, 4.69) is 69.4 Å². The van der Waals surface area contributed by atoms with Crippen molar-refractivity contribution in [2.24, 2.45) is 0 Å². The molecule has 0 radical (unpaired) electrons. The quantitative estimate of drug-likeness (QED) is 0.0261. The zero-order valence-corrected chi connectivity index (χ0v) is 53.9. The van der Waals surface area contributed by atoms with Gasteiger partial charge in [-0.2, -0.15) is 0 Å². The van der Waals surface area contributed by atoms with Gasteiger partial charge >= 0.3 is 17.9 Å². The predicted molar refractivity (Wildman–Crippen MR) is 349 cm³/mol. The van der Waals surface area contributed by atoms with E-state index in [4.69, 9.17) is 14.2 Å². The number of carbonyl (C=O) groups is 3. The van der Waals surface area contributed by atoms with Gasteiger partial charge in [0.15, 0.2) is 6.10 Å². The van der Waals surface area contributed by atoms with Crippen LogP contribution in [0.2, 0.25) is 0 Å². The van der Waals surface area contributed by atoms with Crippen molar-refractivity contribution in [3.63, 3.8) is 0 Å². The first kappa shape index (κ1) is 77.4. The molecular weight excluding hydrogens is 985 g/mol. The summed E-state index contributed by atoms with van der Waals surface area (Å²) in [5.74, 6) is -0.857. The van der Waals surface area contributed by atoms with Crippen LogP contribution in [0.4, 0.5) is 0 Å². The van der Waals surface area contributed by atoms with Gasteiger partial charge in [-0.1, -0.05) is 358 Å². The van der Waals surface area contributed by atoms with Gasteiger partial charge in [0.25, 0.3) is 0 Å². The van der Waals surface area contributed by atoms with Gasteiger partial charge < -0.3 is 14.2 Å². The average molecular weight is 1120 g/mol. The highest BCUT2D eigenvalue weighted by atomic mass is 16.6. The largest absolute Gasteiger partial charge is 0.462 e. The third kappa shape index (κ3) is 66.2. The Kier molecular flexibility index (Phi) is 66.6. The summed E-state index contributed by atoms with van der Waals surface area (Å²) < 4.78 is 16.9. The highest BCUT2D eigenvalue weighted by molar-refractivity contribution is 5.71. The molecule has 0 saturated heterocycles. The van der Waals surface area contributed by atoms with E-state index in [0.29, 0.717) is 19.3 Å². The Labute approximate surface area is 498 Å². The minimum absolute atomic E-state index is 0.0714. The van der Waals surface area contributed by atoms with Gasteiger partial charge in [-0.15, -0.1) is 0 Å². The van der Waals surface area contributed by atoms with Crippen LogP contribution in [0.25, 0.3) is 0 Å². The molecule has 0 saturated carbocycles. The summed E-state index contributed by atoms with van der Waals surface area (Å²) in [6.45, 7) is 6.57. The predicted octanol–water partition coefficient (Wildman–Crippen LogP) is 24.5. The van der Waals surface area contributed by atoms with Crippen LogP contribution in [0, 0.1) is 0 Å². The molecule has 0 aromatic heterocycles. The van der Waals surface area contributed by atoms with Gasteiger partial charge in [0.05, 0.1) is 0 Å². The van der Waals surface area contributed by atoms with E-state index in [1.165, 1.54) is 257 Å². The summed E-state index contributed by atoms with van der Waals surface area (Å²) in [7, 11) is 0. The first-order chi connectivity index (χ1) is 39.5. The van der Waals surface area contributed by atoms with E-state index >= 15 is 0 Å². The standard InChI is InChI=1S/C74H136O6/c1-4-7-10-13-16-19-22-24-26-28-30-32-33-34-35-36-37-38-39-40-41-43-44-46-48-50-52-55-58-61-64-67-73(76)79-70-71(69-78-72(75)66-63-60-57-54-21-18-15-12-9-6-3)80-74(77)68-65-62-59-56-53-51-49-47-45-42-31-29-27-25-23-20-17-14-11-8-5-2/h8,11,17,20,25,27,31,42,71H,4-7,9-10,12-16,18-19,21-24,26,28-30,32-41,43-70H2,1-3H3/b11-8-,20-17-,27-25-,42-31-.